The highest BCUT2D eigenvalue weighted by molar-refractivity contribution is 6.00. The maximum Gasteiger partial charge on any atom is 0.228 e. The maximum absolute atomic E-state index is 13.0. The van der Waals surface area contributed by atoms with Crippen molar-refractivity contribution < 1.29 is 14.4 Å². The first-order valence-electron chi connectivity index (χ1n) is 11.6. The van der Waals surface area contributed by atoms with E-state index in [4.69, 9.17) is 0 Å². The van der Waals surface area contributed by atoms with Gasteiger partial charge in [0.25, 0.3) is 0 Å². The van der Waals surface area contributed by atoms with Gasteiger partial charge in [0.1, 0.15) is 0 Å². The number of piperidine rings is 1. The summed E-state index contributed by atoms with van der Waals surface area (Å²) in [6.45, 7) is 2.27. The molecule has 6 heteroatoms. The lowest BCUT2D eigenvalue weighted by molar-refractivity contribution is -0.139. The van der Waals surface area contributed by atoms with Crippen molar-refractivity contribution in [3.63, 3.8) is 0 Å². The molecule has 0 aliphatic carbocycles. The first-order valence-corrected chi connectivity index (χ1v) is 11.6. The summed E-state index contributed by atoms with van der Waals surface area (Å²) in [6, 6.07) is 19.8. The quantitative estimate of drug-likeness (QED) is 0.683. The van der Waals surface area contributed by atoms with Crippen LogP contribution in [0.1, 0.15) is 31.2 Å². The van der Waals surface area contributed by atoms with E-state index in [2.05, 4.69) is 17.4 Å². The van der Waals surface area contributed by atoms with E-state index in [0.717, 1.165) is 18.5 Å². The first-order chi connectivity index (χ1) is 15.6. The lowest BCUT2D eigenvalue weighted by atomic mass is 9.94. The third kappa shape index (κ3) is 5.36. The van der Waals surface area contributed by atoms with Crippen LogP contribution >= 0.6 is 0 Å². The van der Waals surface area contributed by atoms with Crippen molar-refractivity contribution in [1.82, 2.24) is 10.2 Å². The van der Waals surface area contributed by atoms with Crippen LogP contribution in [0.4, 0.5) is 5.69 Å². The molecular weight excluding hydrogens is 402 g/mol. The van der Waals surface area contributed by atoms with Crippen LogP contribution < -0.4 is 10.2 Å². The molecule has 0 radical (unpaired) electrons. The van der Waals surface area contributed by atoms with Crippen molar-refractivity contribution in [2.45, 2.75) is 32.1 Å². The molecule has 1 N–H and O–H groups in total. The van der Waals surface area contributed by atoms with Crippen LogP contribution in [0.25, 0.3) is 0 Å². The molecule has 2 heterocycles. The average molecular weight is 434 g/mol. The van der Waals surface area contributed by atoms with Gasteiger partial charge in [-0.25, -0.2) is 0 Å². The summed E-state index contributed by atoms with van der Waals surface area (Å²) in [7, 11) is 0. The fourth-order valence-electron chi connectivity index (χ4n) is 4.64. The van der Waals surface area contributed by atoms with Crippen molar-refractivity contribution in [1.29, 1.82) is 0 Å². The fraction of sp³-hybridized carbons (Fsp3) is 0.423. The molecule has 3 amide bonds. The lowest BCUT2D eigenvalue weighted by Crippen LogP contribution is -2.45. The van der Waals surface area contributed by atoms with Gasteiger partial charge in [-0.1, -0.05) is 48.5 Å². The predicted molar refractivity (Wildman–Crippen MR) is 124 cm³/mol. The van der Waals surface area contributed by atoms with Crippen LogP contribution in [0.3, 0.4) is 0 Å². The standard InChI is InChI=1S/C26H31N3O3/c30-24-18-22(19-29(24)23-11-5-2-6-12-23)26(32)28-16-13-21(14-17-28)25(31)27-15-7-10-20-8-3-1-4-9-20/h1-6,8-9,11-12,21-22H,7,10,13-19H2,(H,27,31). The first kappa shape index (κ1) is 22.1. The third-order valence-electron chi connectivity index (χ3n) is 6.50. The Morgan fingerprint density at radius 2 is 1.56 bits per heavy atom. The van der Waals surface area contributed by atoms with Crippen molar-refractivity contribution in [2.24, 2.45) is 11.8 Å². The molecule has 2 aliphatic heterocycles. The highest BCUT2D eigenvalue weighted by Gasteiger charge is 2.38. The van der Waals surface area contributed by atoms with Gasteiger partial charge in [0, 0.05) is 44.2 Å². The fourth-order valence-corrected chi connectivity index (χ4v) is 4.64. The van der Waals surface area contributed by atoms with E-state index in [-0.39, 0.29) is 36.0 Å². The van der Waals surface area contributed by atoms with Crippen molar-refractivity contribution in [2.75, 3.05) is 31.1 Å². The van der Waals surface area contributed by atoms with Gasteiger partial charge in [-0.15, -0.1) is 0 Å². The number of hydrogen-bond acceptors (Lipinski definition) is 3. The van der Waals surface area contributed by atoms with Gasteiger partial charge < -0.3 is 15.1 Å². The van der Waals surface area contributed by atoms with Crippen LogP contribution in [-0.4, -0.2) is 48.8 Å². The number of benzene rings is 2. The van der Waals surface area contributed by atoms with Crippen molar-refractivity contribution >= 4 is 23.4 Å². The van der Waals surface area contributed by atoms with E-state index in [0.29, 0.717) is 39.0 Å². The molecule has 2 aromatic rings. The number of carbonyl (C=O) groups is 3. The van der Waals surface area contributed by atoms with Crippen LogP contribution in [-0.2, 0) is 20.8 Å². The molecule has 168 valence electrons. The minimum Gasteiger partial charge on any atom is -0.356 e. The van der Waals surface area contributed by atoms with Crippen molar-refractivity contribution in [3.8, 4) is 0 Å². The Morgan fingerprint density at radius 3 is 2.25 bits per heavy atom. The van der Waals surface area contributed by atoms with E-state index in [1.165, 1.54) is 5.56 Å². The van der Waals surface area contributed by atoms with E-state index < -0.39 is 0 Å². The topological polar surface area (TPSA) is 69.7 Å². The molecule has 6 nitrogen and oxygen atoms in total. The molecule has 32 heavy (non-hydrogen) atoms. The average Bonchev–Trinajstić information content (AvgIpc) is 3.24. The second kappa shape index (κ2) is 10.4. The molecule has 0 saturated carbocycles. The van der Waals surface area contributed by atoms with Crippen molar-refractivity contribution in [3.05, 3.63) is 66.2 Å². The zero-order valence-electron chi connectivity index (χ0n) is 18.4. The Labute approximate surface area is 189 Å². The Morgan fingerprint density at radius 1 is 0.906 bits per heavy atom. The van der Waals surface area contributed by atoms with Crippen LogP contribution in [0.15, 0.2) is 60.7 Å². The van der Waals surface area contributed by atoms with E-state index in [9.17, 15) is 14.4 Å². The largest absolute Gasteiger partial charge is 0.356 e. The molecule has 2 fully saturated rings. The lowest BCUT2D eigenvalue weighted by Gasteiger charge is -2.33. The highest BCUT2D eigenvalue weighted by Crippen LogP contribution is 2.27. The van der Waals surface area contributed by atoms with Crippen LogP contribution in [0.2, 0.25) is 0 Å². The summed E-state index contributed by atoms with van der Waals surface area (Å²) in [5.74, 6) is -0.206. The number of hydrogen-bond donors (Lipinski definition) is 1. The molecule has 2 aliphatic rings. The second-order valence-electron chi connectivity index (χ2n) is 8.72. The smallest absolute Gasteiger partial charge is 0.228 e. The number of para-hydroxylation sites is 1. The molecule has 2 aromatic carbocycles. The van der Waals surface area contributed by atoms with Crippen LogP contribution in [0.5, 0.6) is 0 Å². The number of nitrogens with zero attached hydrogens (tertiary/aromatic N) is 2. The van der Waals surface area contributed by atoms with Gasteiger partial charge in [-0.3, -0.25) is 14.4 Å². The SMILES string of the molecule is O=C(NCCCc1ccccc1)C1CCN(C(=O)C2CC(=O)N(c3ccccc3)C2)CC1. The highest BCUT2D eigenvalue weighted by atomic mass is 16.2. The zero-order valence-corrected chi connectivity index (χ0v) is 18.4. The Balaban J connectivity index is 1.19. The minimum absolute atomic E-state index is 0.000633. The predicted octanol–water partition coefficient (Wildman–Crippen LogP) is 3.03. The number of amides is 3. The summed E-state index contributed by atoms with van der Waals surface area (Å²) in [4.78, 5) is 41.5. The zero-order chi connectivity index (χ0) is 22.3. The maximum atomic E-state index is 13.0. The Hall–Kier alpha value is -3.15. The Kier molecular flexibility index (Phi) is 7.20. The van der Waals surface area contributed by atoms with Gasteiger partial charge in [0.05, 0.1) is 5.92 Å². The summed E-state index contributed by atoms with van der Waals surface area (Å²) in [5.41, 5.74) is 2.13. The number of aryl methyl sites for hydroxylation is 1. The van der Waals surface area contributed by atoms with Gasteiger partial charge in [0.15, 0.2) is 0 Å². The monoisotopic (exact) mass is 433 g/mol. The molecule has 0 spiro atoms. The van der Waals surface area contributed by atoms with E-state index in [1.54, 1.807) is 4.90 Å². The molecule has 1 atom stereocenters. The van der Waals surface area contributed by atoms with Crippen LogP contribution in [0, 0.1) is 11.8 Å². The molecule has 0 aromatic heterocycles. The molecule has 2 saturated heterocycles. The molecule has 1 unspecified atom stereocenters. The normalized spacial score (nSPS) is 19.2. The summed E-state index contributed by atoms with van der Waals surface area (Å²) < 4.78 is 0. The van der Waals surface area contributed by atoms with E-state index >= 15 is 0 Å². The van der Waals surface area contributed by atoms with Gasteiger partial charge in [-0.2, -0.15) is 0 Å². The number of anilines is 1. The second-order valence-corrected chi connectivity index (χ2v) is 8.72. The Bertz CT molecular complexity index is 924. The summed E-state index contributed by atoms with van der Waals surface area (Å²) in [5, 5.41) is 3.06. The minimum atomic E-state index is -0.300. The summed E-state index contributed by atoms with van der Waals surface area (Å²) >= 11 is 0. The number of likely N-dealkylation sites (tertiary alicyclic amines) is 1. The number of nitrogens with one attached hydrogen (secondary N) is 1. The van der Waals surface area contributed by atoms with Gasteiger partial charge >= 0.3 is 0 Å². The molecular formula is C26H31N3O3. The van der Waals surface area contributed by atoms with Gasteiger partial charge in [-0.05, 0) is 43.4 Å². The number of carbonyl (C=O) groups excluding carboxylic acids is 3. The molecule has 0 bridgehead atoms. The van der Waals surface area contributed by atoms with E-state index in [1.807, 2.05) is 53.4 Å². The summed E-state index contributed by atoms with van der Waals surface area (Å²) in [6.07, 6.45) is 3.49. The molecule has 4 rings (SSSR count). The number of rotatable bonds is 7. The third-order valence-corrected chi connectivity index (χ3v) is 6.50. The van der Waals surface area contributed by atoms with Gasteiger partial charge in [0.2, 0.25) is 17.7 Å².